The van der Waals surface area contributed by atoms with Crippen molar-refractivity contribution in [2.24, 2.45) is 5.92 Å². The number of carbonyl (C=O) groups excluding carboxylic acids is 2. The molecule has 1 aromatic carbocycles. The van der Waals surface area contributed by atoms with Crippen LogP contribution in [-0.4, -0.2) is 11.8 Å². The number of hydrogen-bond donors (Lipinski definition) is 2. The molecule has 0 unspecified atom stereocenters. The highest BCUT2D eigenvalue weighted by atomic mass is 16.2. The first kappa shape index (κ1) is 16.5. The van der Waals surface area contributed by atoms with Gasteiger partial charge in [0.05, 0.1) is 6.42 Å². The zero-order chi connectivity index (χ0) is 15.6. The average Bonchev–Trinajstić information content (AvgIpc) is 2.55. The summed E-state index contributed by atoms with van der Waals surface area (Å²) >= 11 is 0. The normalized spacial score (nSPS) is 15.3. The molecule has 0 spiro atoms. The van der Waals surface area contributed by atoms with Crippen molar-refractivity contribution in [2.45, 2.75) is 57.8 Å². The van der Waals surface area contributed by atoms with E-state index in [0.29, 0.717) is 6.42 Å². The molecule has 1 aliphatic rings. The molecule has 0 radical (unpaired) electrons. The summed E-state index contributed by atoms with van der Waals surface area (Å²) in [5, 5.41) is 0. The maximum Gasteiger partial charge on any atom is 0.242 e. The second-order valence-electron chi connectivity index (χ2n) is 6.15. The van der Waals surface area contributed by atoms with Crippen molar-refractivity contribution in [3.63, 3.8) is 0 Å². The van der Waals surface area contributed by atoms with E-state index in [9.17, 15) is 9.59 Å². The first-order valence-corrected chi connectivity index (χ1v) is 8.35. The van der Waals surface area contributed by atoms with Gasteiger partial charge in [0.15, 0.2) is 0 Å². The molecule has 0 atom stereocenters. The van der Waals surface area contributed by atoms with Crippen LogP contribution in [0.1, 0.15) is 56.9 Å². The van der Waals surface area contributed by atoms with Gasteiger partial charge in [-0.1, -0.05) is 62.4 Å². The van der Waals surface area contributed by atoms with E-state index < -0.39 is 0 Å². The van der Waals surface area contributed by atoms with Crippen molar-refractivity contribution < 1.29 is 9.59 Å². The maximum absolute atomic E-state index is 11.7. The Morgan fingerprint density at radius 2 is 1.64 bits per heavy atom. The predicted molar refractivity (Wildman–Crippen MR) is 86.9 cm³/mol. The first-order valence-electron chi connectivity index (χ1n) is 8.35. The molecule has 1 aliphatic carbocycles. The van der Waals surface area contributed by atoms with Crippen LogP contribution in [0.4, 0.5) is 0 Å². The van der Waals surface area contributed by atoms with Crippen LogP contribution in [0.2, 0.25) is 0 Å². The fourth-order valence-electron chi connectivity index (χ4n) is 3.05. The molecule has 2 amide bonds. The molecule has 22 heavy (non-hydrogen) atoms. The molecule has 0 aromatic heterocycles. The number of rotatable bonds is 6. The number of hydrogen-bond acceptors (Lipinski definition) is 2. The highest BCUT2D eigenvalue weighted by molar-refractivity contribution is 5.83. The Kier molecular flexibility index (Phi) is 6.94. The van der Waals surface area contributed by atoms with Crippen LogP contribution in [0.3, 0.4) is 0 Å². The van der Waals surface area contributed by atoms with Crippen LogP contribution < -0.4 is 10.9 Å². The van der Waals surface area contributed by atoms with E-state index in [1.54, 1.807) is 0 Å². The second kappa shape index (κ2) is 9.23. The largest absolute Gasteiger partial charge is 0.273 e. The highest BCUT2D eigenvalue weighted by Crippen LogP contribution is 2.27. The Morgan fingerprint density at radius 3 is 2.36 bits per heavy atom. The Hall–Kier alpha value is -1.84. The quantitative estimate of drug-likeness (QED) is 0.793. The minimum absolute atomic E-state index is 0.0998. The summed E-state index contributed by atoms with van der Waals surface area (Å²) in [5.41, 5.74) is 5.92. The molecular weight excluding hydrogens is 276 g/mol. The van der Waals surface area contributed by atoms with Crippen LogP contribution in [0, 0.1) is 5.92 Å². The van der Waals surface area contributed by atoms with Gasteiger partial charge in [0, 0.05) is 6.42 Å². The molecular formula is C18H26N2O2. The van der Waals surface area contributed by atoms with Crippen molar-refractivity contribution in [1.82, 2.24) is 10.9 Å². The fourth-order valence-corrected chi connectivity index (χ4v) is 3.05. The second-order valence-corrected chi connectivity index (χ2v) is 6.15. The van der Waals surface area contributed by atoms with Crippen molar-refractivity contribution in [1.29, 1.82) is 0 Å². The average molecular weight is 302 g/mol. The Bertz CT molecular complexity index is 467. The van der Waals surface area contributed by atoms with Gasteiger partial charge in [-0.2, -0.15) is 0 Å². The molecule has 2 rings (SSSR count). The summed E-state index contributed by atoms with van der Waals surface area (Å²) in [6.07, 6.45) is 9.48. The van der Waals surface area contributed by atoms with Crippen molar-refractivity contribution in [2.75, 3.05) is 0 Å². The van der Waals surface area contributed by atoms with E-state index in [-0.39, 0.29) is 18.2 Å². The lowest BCUT2D eigenvalue weighted by Crippen LogP contribution is -2.42. The SMILES string of the molecule is O=C(CCCC1CCCCC1)NNC(=O)Cc1ccccc1. The zero-order valence-corrected chi connectivity index (χ0v) is 13.1. The molecule has 1 saturated carbocycles. The maximum atomic E-state index is 11.7. The lowest BCUT2D eigenvalue weighted by atomic mass is 9.86. The van der Waals surface area contributed by atoms with E-state index in [2.05, 4.69) is 10.9 Å². The number of benzene rings is 1. The van der Waals surface area contributed by atoms with E-state index >= 15 is 0 Å². The van der Waals surface area contributed by atoms with Crippen LogP contribution in [0.15, 0.2) is 30.3 Å². The molecule has 1 fully saturated rings. The number of nitrogens with one attached hydrogen (secondary N) is 2. The van der Waals surface area contributed by atoms with Gasteiger partial charge < -0.3 is 0 Å². The van der Waals surface area contributed by atoms with Gasteiger partial charge >= 0.3 is 0 Å². The smallest absolute Gasteiger partial charge is 0.242 e. The van der Waals surface area contributed by atoms with Crippen LogP contribution in [0.25, 0.3) is 0 Å². The van der Waals surface area contributed by atoms with Gasteiger partial charge in [-0.3, -0.25) is 20.4 Å². The van der Waals surface area contributed by atoms with Gasteiger partial charge in [-0.25, -0.2) is 0 Å². The van der Waals surface area contributed by atoms with Crippen LogP contribution >= 0.6 is 0 Å². The minimum atomic E-state index is -0.188. The van der Waals surface area contributed by atoms with Crippen molar-refractivity contribution in [3.8, 4) is 0 Å². The molecule has 2 N–H and O–H groups in total. The van der Waals surface area contributed by atoms with Crippen molar-refractivity contribution >= 4 is 11.8 Å². The van der Waals surface area contributed by atoms with Crippen molar-refractivity contribution in [3.05, 3.63) is 35.9 Å². The third-order valence-electron chi connectivity index (χ3n) is 4.29. The van der Waals surface area contributed by atoms with E-state index in [1.165, 1.54) is 32.1 Å². The van der Waals surface area contributed by atoms with Gasteiger partial charge in [0.25, 0.3) is 0 Å². The molecule has 0 bridgehead atoms. The minimum Gasteiger partial charge on any atom is -0.273 e. The monoisotopic (exact) mass is 302 g/mol. The lowest BCUT2D eigenvalue weighted by molar-refractivity contribution is -0.128. The summed E-state index contributed by atoms with van der Waals surface area (Å²) in [6.45, 7) is 0. The van der Waals surface area contributed by atoms with Gasteiger partial charge in [0.2, 0.25) is 11.8 Å². The molecule has 0 heterocycles. The summed E-state index contributed by atoms with van der Waals surface area (Å²) < 4.78 is 0. The topological polar surface area (TPSA) is 58.2 Å². The summed E-state index contributed by atoms with van der Waals surface area (Å²) in [5.74, 6) is 0.512. The van der Waals surface area contributed by atoms with Gasteiger partial charge in [-0.15, -0.1) is 0 Å². The molecule has 0 saturated heterocycles. The molecule has 120 valence electrons. The van der Waals surface area contributed by atoms with Crippen LogP contribution in [0.5, 0.6) is 0 Å². The Morgan fingerprint density at radius 1 is 0.955 bits per heavy atom. The van der Waals surface area contributed by atoms with Gasteiger partial charge in [-0.05, 0) is 24.3 Å². The number of carbonyl (C=O) groups is 2. The lowest BCUT2D eigenvalue weighted by Gasteiger charge is -2.21. The standard InChI is InChI=1S/C18H26N2O2/c21-17(13-7-12-15-8-3-1-4-9-15)19-20-18(22)14-16-10-5-2-6-11-16/h2,5-6,10-11,15H,1,3-4,7-9,12-14H2,(H,19,21)(H,20,22). The molecule has 4 nitrogen and oxygen atoms in total. The molecule has 4 heteroatoms. The Labute approximate surface area is 132 Å². The molecule has 1 aromatic rings. The zero-order valence-electron chi connectivity index (χ0n) is 13.1. The third kappa shape index (κ3) is 6.29. The summed E-state index contributed by atoms with van der Waals surface area (Å²) in [6, 6.07) is 9.49. The number of hydrazine groups is 1. The summed E-state index contributed by atoms with van der Waals surface area (Å²) in [7, 11) is 0. The van der Waals surface area contributed by atoms with Gasteiger partial charge in [0.1, 0.15) is 0 Å². The highest BCUT2D eigenvalue weighted by Gasteiger charge is 2.13. The van der Waals surface area contributed by atoms with E-state index in [1.807, 2.05) is 30.3 Å². The summed E-state index contributed by atoms with van der Waals surface area (Å²) in [4.78, 5) is 23.4. The van der Waals surface area contributed by atoms with Crippen LogP contribution in [-0.2, 0) is 16.0 Å². The predicted octanol–water partition coefficient (Wildman–Crippen LogP) is 3.13. The Balaban J connectivity index is 1.56. The first-order chi connectivity index (χ1) is 10.7. The van der Waals surface area contributed by atoms with E-state index in [0.717, 1.165) is 24.3 Å². The molecule has 0 aliphatic heterocycles. The van der Waals surface area contributed by atoms with E-state index in [4.69, 9.17) is 0 Å². The third-order valence-corrected chi connectivity index (χ3v) is 4.29. The number of amides is 2. The fraction of sp³-hybridized carbons (Fsp3) is 0.556.